The molecule has 0 atom stereocenters. The minimum Gasteiger partial charge on any atom is -0.348 e. The molecule has 2 aromatic heterocycles. The lowest BCUT2D eigenvalue weighted by Crippen LogP contribution is -2.56. The van der Waals surface area contributed by atoms with Gasteiger partial charge in [0.15, 0.2) is 0 Å². The molecule has 0 radical (unpaired) electrons. The highest BCUT2D eigenvalue weighted by molar-refractivity contribution is 6.30. The molecule has 0 saturated carbocycles. The van der Waals surface area contributed by atoms with Crippen molar-refractivity contribution in [2.75, 3.05) is 26.2 Å². The number of aromatic nitrogens is 4. The minimum atomic E-state index is 0.104. The second-order valence-corrected chi connectivity index (χ2v) is 8.33. The highest BCUT2D eigenvalue weighted by atomic mass is 35.5. The third-order valence-corrected chi connectivity index (χ3v) is 6.91. The SMILES string of the molecule is CCCN1CCc2[nH]cnc2C12CCN(Cc1c(CC)nn(C)c1Cl)CC2. The van der Waals surface area contributed by atoms with Gasteiger partial charge in [0.1, 0.15) is 5.15 Å². The highest BCUT2D eigenvalue weighted by Crippen LogP contribution is 2.42. The maximum Gasteiger partial charge on any atom is 0.131 e. The minimum absolute atomic E-state index is 0.104. The lowest BCUT2D eigenvalue weighted by atomic mass is 9.78. The van der Waals surface area contributed by atoms with Gasteiger partial charge in [0, 0.05) is 50.9 Å². The van der Waals surface area contributed by atoms with E-state index in [1.165, 1.54) is 23.4 Å². The number of piperidine rings is 1. The van der Waals surface area contributed by atoms with Crippen molar-refractivity contribution < 1.29 is 0 Å². The molecule has 0 unspecified atom stereocenters. The lowest BCUT2D eigenvalue weighted by molar-refractivity contribution is 0.00347. The van der Waals surface area contributed by atoms with E-state index < -0.39 is 0 Å². The van der Waals surface area contributed by atoms with E-state index in [-0.39, 0.29) is 5.54 Å². The topological polar surface area (TPSA) is 53.0 Å². The summed E-state index contributed by atoms with van der Waals surface area (Å²) < 4.78 is 1.81. The Hall–Kier alpha value is -1.37. The molecule has 6 nitrogen and oxygen atoms in total. The van der Waals surface area contributed by atoms with Crippen LogP contribution in [0.15, 0.2) is 6.33 Å². The number of aryl methyl sites for hydroxylation is 2. The smallest absolute Gasteiger partial charge is 0.131 e. The fourth-order valence-corrected chi connectivity index (χ4v) is 5.22. The first-order valence-electron chi connectivity index (χ1n) is 10.3. The second kappa shape index (κ2) is 7.57. The first-order valence-corrected chi connectivity index (χ1v) is 10.7. The molecule has 4 rings (SSSR count). The number of fused-ring (bicyclic) bond motifs is 2. The van der Waals surface area contributed by atoms with E-state index in [2.05, 4.69) is 33.7 Å². The van der Waals surface area contributed by atoms with E-state index in [4.69, 9.17) is 16.6 Å². The van der Waals surface area contributed by atoms with Gasteiger partial charge in [0.2, 0.25) is 0 Å². The van der Waals surface area contributed by atoms with Crippen LogP contribution in [-0.4, -0.2) is 55.7 Å². The molecule has 2 aliphatic heterocycles. The van der Waals surface area contributed by atoms with Crippen molar-refractivity contribution in [1.29, 1.82) is 0 Å². The normalized spacial score (nSPS) is 20.3. The molecule has 1 N–H and O–H groups in total. The Morgan fingerprint density at radius 1 is 1.22 bits per heavy atom. The summed E-state index contributed by atoms with van der Waals surface area (Å²) in [5.74, 6) is 0. The Bertz CT molecular complexity index is 786. The van der Waals surface area contributed by atoms with E-state index in [1.54, 1.807) is 4.68 Å². The standard InChI is InChI=1S/C20H31ClN6/c1-4-9-27-10-6-17-18(23-14-22-17)20(27)7-11-26(12-8-20)13-15-16(5-2)24-25(3)19(15)21/h14H,4-13H2,1-3H3,(H,22,23). The maximum atomic E-state index is 6.52. The van der Waals surface area contributed by atoms with Crippen LogP contribution in [0.4, 0.5) is 0 Å². The summed E-state index contributed by atoms with van der Waals surface area (Å²) >= 11 is 6.52. The van der Waals surface area contributed by atoms with Crippen LogP contribution < -0.4 is 0 Å². The van der Waals surface area contributed by atoms with Crippen LogP contribution in [-0.2, 0) is 32.0 Å². The van der Waals surface area contributed by atoms with Crippen molar-refractivity contribution in [1.82, 2.24) is 29.5 Å². The van der Waals surface area contributed by atoms with Crippen LogP contribution in [0.5, 0.6) is 0 Å². The molecule has 0 aromatic carbocycles. The molecule has 2 aliphatic rings. The van der Waals surface area contributed by atoms with Crippen molar-refractivity contribution >= 4 is 11.6 Å². The molecule has 0 amide bonds. The maximum absolute atomic E-state index is 6.52. The fraction of sp³-hybridized carbons (Fsp3) is 0.700. The zero-order valence-corrected chi connectivity index (χ0v) is 17.5. The Morgan fingerprint density at radius 3 is 2.70 bits per heavy atom. The predicted molar refractivity (Wildman–Crippen MR) is 108 cm³/mol. The Morgan fingerprint density at radius 2 is 2.00 bits per heavy atom. The summed E-state index contributed by atoms with van der Waals surface area (Å²) in [6.45, 7) is 9.75. The molecule has 148 valence electrons. The Balaban J connectivity index is 1.53. The van der Waals surface area contributed by atoms with Gasteiger partial charge in [-0.05, 0) is 32.2 Å². The largest absolute Gasteiger partial charge is 0.348 e. The zero-order valence-electron chi connectivity index (χ0n) is 16.8. The summed E-state index contributed by atoms with van der Waals surface area (Å²) in [4.78, 5) is 13.4. The zero-order chi connectivity index (χ0) is 19.0. The summed E-state index contributed by atoms with van der Waals surface area (Å²) in [6, 6.07) is 0. The summed E-state index contributed by atoms with van der Waals surface area (Å²) in [5.41, 5.74) is 5.08. The van der Waals surface area contributed by atoms with Crippen LogP contribution >= 0.6 is 11.6 Å². The highest BCUT2D eigenvalue weighted by Gasteiger charge is 2.46. The first-order chi connectivity index (χ1) is 13.1. The average Bonchev–Trinajstić information content (AvgIpc) is 3.26. The molecule has 1 fully saturated rings. The number of aromatic amines is 1. The third-order valence-electron chi connectivity index (χ3n) is 6.44. The number of hydrogen-bond acceptors (Lipinski definition) is 4. The number of halogens is 1. The predicted octanol–water partition coefficient (Wildman–Crippen LogP) is 3.12. The number of rotatable bonds is 5. The van der Waals surface area contributed by atoms with Crippen molar-refractivity contribution in [3.63, 3.8) is 0 Å². The summed E-state index contributed by atoms with van der Waals surface area (Å²) in [7, 11) is 1.93. The van der Waals surface area contributed by atoms with Crippen molar-refractivity contribution in [2.24, 2.45) is 7.05 Å². The van der Waals surface area contributed by atoms with Crippen LogP contribution in [0.1, 0.15) is 55.8 Å². The molecular formula is C20H31ClN6. The van der Waals surface area contributed by atoms with Gasteiger partial charge in [0.25, 0.3) is 0 Å². The summed E-state index contributed by atoms with van der Waals surface area (Å²) in [6.07, 6.45) is 7.35. The monoisotopic (exact) mass is 390 g/mol. The molecule has 7 heteroatoms. The average molecular weight is 391 g/mol. The van der Waals surface area contributed by atoms with E-state index in [0.717, 1.165) is 69.3 Å². The van der Waals surface area contributed by atoms with Gasteiger partial charge in [-0.25, -0.2) is 4.98 Å². The molecule has 0 bridgehead atoms. The Kier molecular flexibility index (Phi) is 5.32. The van der Waals surface area contributed by atoms with Gasteiger partial charge in [-0.15, -0.1) is 0 Å². The van der Waals surface area contributed by atoms with Gasteiger partial charge >= 0.3 is 0 Å². The van der Waals surface area contributed by atoms with E-state index in [9.17, 15) is 0 Å². The fourth-order valence-electron chi connectivity index (χ4n) is 5.02. The third kappa shape index (κ3) is 3.22. The number of nitrogens with one attached hydrogen (secondary N) is 1. The molecule has 1 spiro atoms. The van der Waals surface area contributed by atoms with E-state index in [0.29, 0.717) is 0 Å². The van der Waals surface area contributed by atoms with Crippen molar-refractivity contribution in [2.45, 2.75) is 58.0 Å². The molecule has 1 saturated heterocycles. The molecule has 2 aromatic rings. The van der Waals surface area contributed by atoms with Crippen LogP contribution in [0.25, 0.3) is 0 Å². The number of imidazole rings is 1. The molecule has 4 heterocycles. The quantitative estimate of drug-likeness (QED) is 0.852. The first kappa shape index (κ1) is 19.0. The van der Waals surface area contributed by atoms with Gasteiger partial charge in [0.05, 0.1) is 23.3 Å². The van der Waals surface area contributed by atoms with Crippen LogP contribution in [0, 0.1) is 0 Å². The summed E-state index contributed by atoms with van der Waals surface area (Å²) in [5, 5.41) is 5.36. The van der Waals surface area contributed by atoms with Gasteiger partial charge < -0.3 is 4.98 Å². The second-order valence-electron chi connectivity index (χ2n) is 7.97. The van der Waals surface area contributed by atoms with Gasteiger partial charge in [-0.3, -0.25) is 14.5 Å². The number of nitrogens with zero attached hydrogens (tertiary/aromatic N) is 5. The van der Waals surface area contributed by atoms with Gasteiger partial charge in [-0.2, -0.15) is 5.10 Å². The number of hydrogen-bond donors (Lipinski definition) is 1. The number of H-pyrrole nitrogens is 1. The number of likely N-dealkylation sites (tertiary alicyclic amines) is 1. The van der Waals surface area contributed by atoms with E-state index in [1.807, 2.05) is 13.4 Å². The Labute approximate surface area is 166 Å². The lowest BCUT2D eigenvalue weighted by Gasteiger charge is -2.50. The van der Waals surface area contributed by atoms with Crippen LogP contribution in [0.3, 0.4) is 0 Å². The van der Waals surface area contributed by atoms with E-state index >= 15 is 0 Å². The van der Waals surface area contributed by atoms with Gasteiger partial charge in [-0.1, -0.05) is 25.4 Å². The molecular weight excluding hydrogens is 360 g/mol. The van der Waals surface area contributed by atoms with Crippen molar-refractivity contribution in [3.8, 4) is 0 Å². The van der Waals surface area contributed by atoms with Crippen molar-refractivity contribution in [3.05, 3.63) is 34.1 Å². The molecule has 0 aliphatic carbocycles. The molecule has 27 heavy (non-hydrogen) atoms. The van der Waals surface area contributed by atoms with Crippen LogP contribution in [0.2, 0.25) is 5.15 Å².